The number of carboxylic acid groups (broad SMARTS) is 1. The zero-order valence-corrected chi connectivity index (χ0v) is 11.4. The van der Waals surface area contributed by atoms with Crippen molar-refractivity contribution < 1.29 is 19.4 Å². The molecular formula is C15H20O4. The number of rotatable bonds is 8. The average molecular weight is 264 g/mol. The van der Waals surface area contributed by atoms with Crippen molar-refractivity contribution in [2.45, 2.75) is 26.4 Å². The van der Waals surface area contributed by atoms with Crippen molar-refractivity contribution in [1.29, 1.82) is 0 Å². The molecule has 0 aliphatic carbocycles. The minimum absolute atomic E-state index is 0.470. The summed E-state index contributed by atoms with van der Waals surface area (Å²) < 4.78 is 10.8. The standard InChI is InChI=1S/C15H20O4/c1-3-4-9-19-11-13-10-12(6-8-15(16)17)5-7-14(13)18-2/h5-8,10H,3-4,9,11H2,1-2H3,(H,16,17)/b8-6+. The minimum atomic E-state index is -0.962. The highest BCUT2D eigenvalue weighted by Gasteiger charge is 2.04. The molecule has 1 rings (SSSR count). The van der Waals surface area contributed by atoms with Crippen molar-refractivity contribution in [3.05, 3.63) is 35.4 Å². The zero-order valence-electron chi connectivity index (χ0n) is 11.4. The number of hydrogen-bond donors (Lipinski definition) is 1. The molecule has 0 aromatic heterocycles. The Kier molecular flexibility index (Phi) is 6.68. The average Bonchev–Trinajstić information content (AvgIpc) is 2.41. The van der Waals surface area contributed by atoms with Gasteiger partial charge in [0.1, 0.15) is 5.75 Å². The minimum Gasteiger partial charge on any atom is -0.496 e. The number of unbranched alkanes of at least 4 members (excludes halogenated alkanes) is 1. The maximum absolute atomic E-state index is 10.5. The van der Waals surface area contributed by atoms with Crippen molar-refractivity contribution in [1.82, 2.24) is 0 Å². The Morgan fingerprint density at radius 3 is 2.84 bits per heavy atom. The fourth-order valence-corrected chi connectivity index (χ4v) is 1.61. The Morgan fingerprint density at radius 1 is 1.42 bits per heavy atom. The molecule has 4 nitrogen and oxygen atoms in total. The van der Waals surface area contributed by atoms with E-state index in [9.17, 15) is 4.79 Å². The van der Waals surface area contributed by atoms with Gasteiger partial charge in [-0.25, -0.2) is 4.79 Å². The third-order valence-corrected chi connectivity index (χ3v) is 2.62. The maximum atomic E-state index is 10.5. The Bertz CT molecular complexity index is 438. The van der Waals surface area contributed by atoms with Crippen molar-refractivity contribution in [2.75, 3.05) is 13.7 Å². The molecule has 0 atom stereocenters. The van der Waals surface area contributed by atoms with E-state index in [2.05, 4.69) is 6.92 Å². The molecule has 0 saturated carbocycles. The van der Waals surface area contributed by atoms with E-state index in [1.807, 2.05) is 18.2 Å². The second-order valence-corrected chi connectivity index (χ2v) is 4.15. The fraction of sp³-hybridized carbons (Fsp3) is 0.400. The van der Waals surface area contributed by atoms with Gasteiger partial charge in [0.15, 0.2) is 0 Å². The van der Waals surface area contributed by atoms with E-state index in [0.717, 1.165) is 42.4 Å². The predicted molar refractivity (Wildman–Crippen MR) is 74.2 cm³/mol. The number of ether oxygens (including phenoxy) is 2. The summed E-state index contributed by atoms with van der Waals surface area (Å²) in [6, 6.07) is 5.51. The summed E-state index contributed by atoms with van der Waals surface area (Å²) >= 11 is 0. The molecule has 0 saturated heterocycles. The highest BCUT2D eigenvalue weighted by atomic mass is 16.5. The SMILES string of the molecule is CCCCOCc1cc(/C=C/C(=O)O)ccc1OC. The van der Waals surface area contributed by atoms with E-state index in [1.54, 1.807) is 13.2 Å². The summed E-state index contributed by atoms with van der Waals surface area (Å²) in [6.45, 7) is 3.30. The van der Waals surface area contributed by atoms with Gasteiger partial charge in [-0.05, 0) is 30.2 Å². The van der Waals surface area contributed by atoms with Crippen LogP contribution >= 0.6 is 0 Å². The number of methoxy groups -OCH3 is 1. The summed E-state index contributed by atoms with van der Waals surface area (Å²) in [5, 5.41) is 8.61. The van der Waals surface area contributed by atoms with Gasteiger partial charge in [-0.15, -0.1) is 0 Å². The predicted octanol–water partition coefficient (Wildman–Crippen LogP) is 3.11. The molecule has 0 unspecified atom stereocenters. The lowest BCUT2D eigenvalue weighted by molar-refractivity contribution is -0.131. The van der Waals surface area contributed by atoms with Crippen LogP contribution in [0.2, 0.25) is 0 Å². The second-order valence-electron chi connectivity index (χ2n) is 4.15. The van der Waals surface area contributed by atoms with Gasteiger partial charge in [0.05, 0.1) is 13.7 Å². The molecule has 0 aliphatic heterocycles. The number of hydrogen-bond acceptors (Lipinski definition) is 3. The van der Waals surface area contributed by atoms with Crippen LogP contribution in [0, 0.1) is 0 Å². The summed E-state index contributed by atoms with van der Waals surface area (Å²) in [6.07, 6.45) is 4.79. The Balaban J connectivity index is 2.75. The van der Waals surface area contributed by atoms with Gasteiger partial charge in [0, 0.05) is 18.2 Å². The van der Waals surface area contributed by atoms with Crippen molar-refractivity contribution in [2.24, 2.45) is 0 Å². The van der Waals surface area contributed by atoms with Crippen molar-refractivity contribution in [3.8, 4) is 5.75 Å². The zero-order chi connectivity index (χ0) is 14.1. The van der Waals surface area contributed by atoms with Gasteiger partial charge in [0.2, 0.25) is 0 Å². The number of carboxylic acids is 1. The molecule has 1 aromatic carbocycles. The molecule has 0 bridgehead atoms. The molecule has 0 spiro atoms. The van der Waals surface area contributed by atoms with E-state index >= 15 is 0 Å². The van der Waals surface area contributed by atoms with E-state index in [1.165, 1.54) is 0 Å². The Labute approximate surface area is 113 Å². The third kappa shape index (κ3) is 5.57. The molecule has 19 heavy (non-hydrogen) atoms. The van der Waals surface area contributed by atoms with Crippen LogP contribution in [-0.4, -0.2) is 24.8 Å². The number of aliphatic carboxylic acids is 1. The van der Waals surface area contributed by atoms with Gasteiger partial charge in [0.25, 0.3) is 0 Å². The summed E-state index contributed by atoms with van der Waals surface area (Å²) in [7, 11) is 1.61. The highest BCUT2D eigenvalue weighted by Crippen LogP contribution is 2.21. The normalized spacial score (nSPS) is 10.8. The van der Waals surface area contributed by atoms with Gasteiger partial charge in [-0.2, -0.15) is 0 Å². The van der Waals surface area contributed by atoms with E-state index in [0.29, 0.717) is 6.61 Å². The molecule has 0 amide bonds. The van der Waals surface area contributed by atoms with Crippen molar-refractivity contribution in [3.63, 3.8) is 0 Å². The van der Waals surface area contributed by atoms with E-state index in [4.69, 9.17) is 14.6 Å². The molecule has 1 N–H and O–H groups in total. The third-order valence-electron chi connectivity index (χ3n) is 2.62. The van der Waals surface area contributed by atoms with Gasteiger partial charge >= 0.3 is 5.97 Å². The highest BCUT2D eigenvalue weighted by molar-refractivity contribution is 5.85. The lowest BCUT2D eigenvalue weighted by Crippen LogP contribution is -1.98. The van der Waals surface area contributed by atoms with Crippen LogP contribution in [-0.2, 0) is 16.1 Å². The lowest BCUT2D eigenvalue weighted by atomic mass is 10.1. The van der Waals surface area contributed by atoms with Crippen LogP contribution in [0.3, 0.4) is 0 Å². The molecule has 0 fully saturated rings. The first-order valence-corrected chi connectivity index (χ1v) is 6.33. The van der Waals surface area contributed by atoms with Gasteiger partial charge in [-0.1, -0.05) is 19.4 Å². The molecule has 4 heteroatoms. The maximum Gasteiger partial charge on any atom is 0.328 e. The largest absolute Gasteiger partial charge is 0.496 e. The summed E-state index contributed by atoms with van der Waals surface area (Å²) in [5.74, 6) is -0.208. The number of carbonyl (C=O) groups is 1. The van der Waals surface area contributed by atoms with Crippen LogP contribution in [0.1, 0.15) is 30.9 Å². The van der Waals surface area contributed by atoms with Crippen LogP contribution in [0.25, 0.3) is 6.08 Å². The van der Waals surface area contributed by atoms with Crippen LogP contribution in [0.4, 0.5) is 0 Å². The topological polar surface area (TPSA) is 55.8 Å². The van der Waals surface area contributed by atoms with Gasteiger partial charge in [-0.3, -0.25) is 0 Å². The lowest BCUT2D eigenvalue weighted by Gasteiger charge is -2.10. The van der Waals surface area contributed by atoms with E-state index < -0.39 is 5.97 Å². The molecule has 0 heterocycles. The molecule has 1 aromatic rings. The molecule has 0 aliphatic rings. The van der Waals surface area contributed by atoms with Crippen LogP contribution in [0.5, 0.6) is 5.75 Å². The van der Waals surface area contributed by atoms with Crippen LogP contribution < -0.4 is 4.74 Å². The molecular weight excluding hydrogens is 244 g/mol. The first kappa shape index (κ1) is 15.2. The fourth-order valence-electron chi connectivity index (χ4n) is 1.61. The monoisotopic (exact) mass is 264 g/mol. The number of benzene rings is 1. The summed E-state index contributed by atoms with van der Waals surface area (Å²) in [5.41, 5.74) is 1.74. The first-order valence-electron chi connectivity index (χ1n) is 6.33. The molecule has 104 valence electrons. The summed E-state index contributed by atoms with van der Waals surface area (Å²) in [4.78, 5) is 10.5. The van der Waals surface area contributed by atoms with Crippen LogP contribution in [0.15, 0.2) is 24.3 Å². The Morgan fingerprint density at radius 2 is 2.21 bits per heavy atom. The first-order chi connectivity index (χ1) is 9.17. The Hall–Kier alpha value is -1.81. The molecule has 0 radical (unpaired) electrons. The smallest absolute Gasteiger partial charge is 0.328 e. The van der Waals surface area contributed by atoms with E-state index in [-0.39, 0.29) is 0 Å². The second kappa shape index (κ2) is 8.32. The van der Waals surface area contributed by atoms with Crippen molar-refractivity contribution >= 4 is 12.0 Å². The van der Waals surface area contributed by atoms with Gasteiger partial charge < -0.3 is 14.6 Å². The quantitative estimate of drug-likeness (QED) is 0.579.